The molecule has 0 saturated carbocycles. The highest BCUT2D eigenvalue weighted by Gasteiger charge is 2.39. The Labute approximate surface area is 120 Å². The quantitative estimate of drug-likeness (QED) is 0.775. The molecule has 19 heavy (non-hydrogen) atoms. The van der Waals surface area contributed by atoms with Crippen molar-refractivity contribution < 1.29 is 0 Å². The van der Waals surface area contributed by atoms with Crippen molar-refractivity contribution in [3.63, 3.8) is 0 Å². The molecule has 0 N–H and O–H groups in total. The van der Waals surface area contributed by atoms with Crippen molar-refractivity contribution in [1.29, 1.82) is 0 Å². The molecular weight excluding hydrogens is 258 g/mol. The van der Waals surface area contributed by atoms with Gasteiger partial charge in [0.25, 0.3) is 0 Å². The van der Waals surface area contributed by atoms with E-state index >= 15 is 0 Å². The number of hydrogen-bond acceptors (Lipinski definition) is 3. The fraction of sp³-hybridized carbons (Fsp3) is 0.733. The molecular formula is C15H22ClN3. The third kappa shape index (κ3) is 2.50. The third-order valence-electron chi connectivity index (χ3n) is 4.79. The number of piperidine rings is 1. The third-order valence-corrected chi connectivity index (χ3v) is 4.98. The number of nitrogens with zero attached hydrogens (tertiary/aromatic N) is 3. The molecule has 0 spiro atoms. The Morgan fingerprint density at radius 1 is 1.21 bits per heavy atom. The zero-order valence-corrected chi connectivity index (χ0v) is 12.7. The van der Waals surface area contributed by atoms with Gasteiger partial charge in [0.1, 0.15) is 11.0 Å². The predicted octanol–water partition coefficient (Wildman–Crippen LogP) is 3.59. The average molecular weight is 280 g/mol. The van der Waals surface area contributed by atoms with Crippen molar-refractivity contribution in [3.05, 3.63) is 22.7 Å². The lowest BCUT2D eigenvalue weighted by molar-refractivity contribution is 0.158. The van der Waals surface area contributed by atoms with Crippen LogP contribution in [-0.2, 0) is 0 Å². The summed E-state index contributed by atoms with van der Waals surface area (Å²) in [6.07, 6.45) is 5.03. The van der Waals surface area contributed by atoms with Gasteiger partial charge >= 0.3 is 0 Å². The molecule has 3 nitrogen and oxygen atoms in total. The van der Waals surface area contributed by atoms with Gasteiger partial charge in [-0.05, 0) is 44.7 Å². The molecule has 0 aromatic carbocycles. The number of fused-ring (bicyclic) bond motifs is 2. The smallest absolute Gasteiger partial charge is 0.133 e. The zero-order valence-electron chi connectivity index (χ0n) is 11.9. The fourth-order valence-electron chi connectivity index (χ4n) is 3.55. The van der Waals surface area contributed by atoms with Gasteiger partial charge in [-0.15, -0.1) is 0 Å². The van der Waals surface area contributed by atoms with Crippen molar-refractivity contribution in [2.75, 3.05) is 7.05 Å². The van der Waals surface area contributed by atoms with Gasteiger partial charge in [0.15, 0.2) is 0 Å². The van der Waals surface area contributed by atoms with Gasteiger partial charge < -0.3 is 4.90 Å². The van der Waals surface area contributed by atoms with Crippen LogP contribution in [0.15, 0.2) is 6.07 Å². The van der Waals surface area contributed by atoms with Crippen LogP contribution in [0.1, 0.15) is 62.9 Å². The summed E-state index contributed by atoms with van der Waals surface area (Å²) in [5.41, 5.74) is 1.07. The molecule has 2 unspecified atom stereocenters. The molecule has 2 fully saturated rings. The van der Waals surface area contributed by atoms with Gasteiger partial charge in [0, 0.05) is 23.7 Å². The Morgan fingerprint density at radius 2 is 1.84 bits per heavy atom. The van der Waals surface area contributed by atoms with Gasteiger partial charge in [0.2, 0.25) is 0 Å². The first-order valence-electron chi connectivity index (χ1n) is 7.31. The summed E-state index contributed by atoms with van der Waals surface area (Å²) in [7, 11) is 2.26. The van der Waals surface area contributed by atoms with Gasteiger partial charge in [-0.2, -0.15) is 0 Å². The van der Waals surface area contributed by atoms with Crippen molar-refractivity contribution >= 4 is 11.6 Å². The molecule has 4 heteroatoms. The Kier molecular flexibility index (Phi) is 3.52. The summed E-state index contributed by atoms with van der Waals surface area (Å²) < 4.78 is 0. The lowest BCUT2D eigenvalue weighted by Gasteiger charge is -2.35. The maximum Gasteiger partial charge on any atom is 0.133 e. The summed E-state index contributed by atoms with van der Waals surface area (Å²) >= 11 is 6.17. The average Bonchev–Trinajstić information content (AvgIpc) is 2.61. The highest BCUT2D eigenvalue weighted by molar-refractivity contribution is 6.29. The van der Waals surface area contributed by atoms with Gasteiger partial charge in [-0.3, -0.25) is 0 Å². The Balaban J connectivity index is 1.87. The van der Waals surface area contributed by atoms with Crippen LogP contribution in [0, 0.1) is 0 Å². The molecule has 2 saturated heterocycles. The first-order chi connectivity index (χ1) is 9.04. The second-order valence-corrected chi connectivity index (χ2v) is 6.73. The van der Waals surface area contributed by atoms with E-state index in [0.29, 0.717) is 29.1 Å². The van der Waals surface area contributed by atoms with E-state index in [1.54, 1.807) is 0 Å². The number of rotatable bonds is 2. The Bertz CT molecular complexity index is 460. The van der Waals surface area contributed by atoms with E-state index in [2.05, 4.69) is 30.8 Å². The van der Waals surface area contributed by atoms with E-state index in [4.69, 9.17) is 16.6 Å². The standard InChI is InChI=1S/C15H22ClN3/c1-9(2)13-8-14(16)18-15(17-13)10-6-11-4-5-12(7-10)19(11)3/h8-12H,4-7H2,1-3H3. The normalized spacial score (nSPS) is 31.1. The van der Waals surface area contributed by atoms with E-state index in [1.165, 1.54) is 25.7 Å². The molecule has 0 amide bonds. The molecule has 0 aliphatic carbocycles. The fourth-order valence-corrected chi connectivity index (χ4v) is 3.75. The van der Waals surface area contributed by atoms with Gasteiger partial charge in [-0.25, -0.2) is 9.97 Å². The number of halogens is 1. The van der Waals surface area contributed by atoms with Crippen LogP contribution in [0.25, 0.3) is 0 Å². The molecule has 3 rings (SSSR count). The topological polar surface area (TPSA) is 29.0 Å². The summed E-state index contributed by atoms with van der Waals surface area (Å²) in [5, 5.41) is 0.597. The van der Waals surface area contributed by atoms with E-state index in [-0.39, 0.29) is 0 Å². The van der Waals surface area contributed by atoms with Gasteiger partial charge in [0.05, 0.1) is 0 Å². The summed E-state index contributed by atoms with van der Waals surface area (Å²) in [6, 6.07) is 3.34. The first kappa shape index (κ1) is 13.3. The van der Waals surface area contributed by atoms with E-state index in [9.17, 15) is 0 Å². The molecule has 2 atom stereocenters. The van der Waals surface area contributed by atoms with Crippen molar-refractivity contribution in [2.24, 2.45) is 0 Å². The monoisotopic (exact) mass is 279 g/mol. The van der Waals surface area contributed by atoms with Crippen LogP contribution in [-0.4, -0.2) is 34.0 Å². The maximum absolute atomic E-state index is 6.17. The van der Waals surface area contributed by atoms with Crippen LogP contribution in [0.5, 0.6) is 0 Å². The Morgan fingerprint density at radius 3 is 2.42 bits per heavy atom. The summed E-state index contributed by atoms with van der Waals surface area (Å²) in [6.45, 7) is 4.31. The molecule has 104 valence electrons. The molecule has 2 aliphatic heterocycles. The second kappa shape index (κ2) is 5.02. The van der Waals surface area contributed by atoms with Crippen LogP contribution in [0.3, 0.4) is 0 Å². The predicted molar refractivity (Wildman–Crippen MR) is 77.7 cm³/mol. The van der Waals surface area contributed by atoms with Crippen molar-refractivity contribution in [1.82, 2.24) is 14.9 Å². The van der Waals surface area contributed by atoms with E-state index in [0.717, 1.165) is 11.5 Å². The zero-order chi connectivity index (χ0) is 13.6. The minimum atomic E-state index is 0.405. The largest absolute Gasteiger partial charge is 0.300 e. The minimum Gasteiger partial charge on any atom is -0.300 e. The highest BCUT2D eigenvalue weighted by atomic mass is 35.5. The minimum absolute atomic E-state index is 0.405. The van der Waals surface area contributed by atoms with E-state index in [1.807, 2.05) is 6.07 Å². The van der Waals surface area contributed by atoms with Crippen LogP contribution in [0.4, 0.5) is 0 Å². The lowest BCUT2D eigenvalue weighted by Crippen LogP contribution is -2.39. The van der Waals surface area contributed by atoms with Crippen LogP contribution >= 0.6 is 11.6 Å². The highest BCUT2D eigenvalue weighted by Crippen LogP contribution is 2.41. The van der Waals surface area contributed by atoms with Crippen molar-refractivity contribution in [3.8, 4) is 0 Å². The first-order valence-corrected chi connectivity index (χ1v) is 7.68. The molecule has 1 aromatic rings. The SMILES string of the molecule is CC(C)c1cc(Cl)nc(C2CC3CCC(C2)N3C)n1. The molecule has 0 radical (unpaired) electrons. The lowest BCUT2D eigenvalue weighted by atomic mass is 9.90. The number of aromatic nitrogens is 2. The van der Waals surface area contributed by atoms with Crippen molar-refractivity contribution in [2.45, 2.75) is 63.5 Å². The maximum atomic E-state index is 6.17. The van der Waals surface area contributed by atoms with Gasteiger partial charge in [-0.1, -0.05) is 25.4 Å². The van der Waals surface area contributed by atoms with E-state index < -0.39 is 0 Å². The second-order valence-electron chi connectivity index (χ2n) is 6.35. The molecule has 3 heterocycles. The summed E-state index contributed by atoms with van der Waals surface area (Å²) in [4.78, 5) is 11.8. The number of hydrogen-bond donors (Lipinski definition) is 0. The molecule has 1 aromatic heterocycles. The van der Waals surface area contributed by atoms with Crippen LogP contribution in [0.2, 0.25) is 5.15 Å². The molecule has 2 aliphatic rings. The Hall–Kier alpha value is -0.670. The molecule has 2 bridgehead atoms. The summed E-state index contributed by atoms with van der Waals surface area (Å²) in [5.74, 6) is 1.87. The van der Waals surface area contributed by atoms with Crippen LogP contribution < -0.4 is 0 Å².